The van der Waals surface area contributed by atoms with E-state index in [1.807, 2.05) is 11.8 Å². The first-order chi connectivity index (χ1) is 8.76. The number of benzene rings is 1. The molecule has 2 nitrogen and oxygen atoms in total. The summed E-state index contributed by atoms with van der Waals surface area (Å²) in [5, 5.41) is 3.43. The van der Waals surface area contributed by atoms with Gasteiger partial charge in [-0.1, -0.05) is 31.2 Å². The quantitative estimate of drug-likeness (QED) is 0.692. The molecule has 0 heterocycles. The van der Waals surface area contributed by atoms with Gasteiger partial charge in [-0.05, 0) is 37.4 Å². The van der Waals surface area contributed by atoms with E-state index in [-0.39, 0.29) is 0 Å². The van der Waals surface area contributed by atoms with Crippen LogP contribution in [0.3, 0.4) is 0 Å². The summed E-state index contributed by atoms with van der Waals surface area (Å²) in [5.74, 6) is 1.20. The molecule has 0 aliphatic heterocycles. The van der Waals surface area contributed by atoms with Gasteiger partial charge in [-0.3, -0.25) is 0 Å². The number of thioether (sulfide) groups is 1. The summed E-state index contributed by atoms with van der Waals surface area (Å²) < 4.78 is 0. The van der Waals surface area contributed by atoms with Crippen molar-refractivity contribution in [3.63, 3.8) is 0 Å². The average molecular weight is 266 g/mol. The Morgan fingerprint density at radius 1 is 1.17 bits per heavy atom. The fraction of sp³-hybridized carbons (Fsp3) is 0.600. The second-order valence-electron chi connectivity index (χ2n) is 4.72. The Hall–Kier alpha value is -0.510. The highest BCUT2D eigenvalue weighted by atomic mass is 32.2. The molecule has 3 heteroatoms. The van der Waals surface area contributed by atoms with Gasteiger partial charge in [0.25, 0.3) is 0 Å². The normalized spacial score (nSPS) is 11.1. The van der Waals surface area contributed by atoms with Gasteiger partial charge in [0.15, 0.2) is 0 Å². The molecule has 18 heavy (non-hydrogen) atoms. The van der Waals surface area contributed by atoms with Crippen LogP contribution in [0.25, 0.3) is 0 Å². The lowest BCUT2D eigenvalue weighted by Crippen LogP contribution is -2.20. The van der Waals surface area contributed by atoms with E-state index >= 15 is 0 Å². The van der Waals surface area contributed by atoms with E-state index in [4.69, 9.17) is 0 Å². The molecule has 0 amide bonds. The summed E-state index contributed by atoms with van der Waals surface area (Å²) in [6, 6.07) is 8.97. The fourth-order valence-electron chi connectivity index (χ4n) is 1.81. The maximum atomic E-state index is 3.43. The number of rotatable bonds is 9. The van der Waals surface area contributed by atoms with Crippen LogP contribution < -0.4 is 5.32 Å². The largest absolute Gasteiger partial charge is 0.313 e. The van der Waals surface area contributed by atoms with E-state index in [0.717, 1.165) is 26.2 Å². The van der Waals surface area contributed by atoms with Crippen molar-refractivity contribution in [1.82, 2.24) is 10.2 Å². The first-order valence-corrected chi connectivity index (χ1v) is 8.11. The first-order valence-electron chi connectivity index (χ1n) is 6.72. The molecule has 0 saturated heterocycles. The maximum absolute atomic E-state index is 3.43. The average Bonchev–Trinajstić information content (AvgIpc) is 2.39. The topological polar surface area (TPSA) is 15.3 Å². The van der Waals surface area contributed by atoms with Gasteiger partial charge in [0.2, 0.25) is 0 Å². The molecule has 0 atom stereocenters. The number of hydrogen-bond acceptors (Lipinski definition) is 3. The Labute approximate surface area is 116 Å². The first kappa shape index (κ1) is 15.5. The molecule has 0 aliphatic carbocycles. The minimum atomic E-state index is 0.983. The van der Waals surface area contributed by atoms with Gasteiger partial charge in [-0.25, -0.2) is 0 Å². The summed E-state index contributed by atoms with van der Waals surface area (Å²) in [6.07, 6.45) is 3.35. The number of nitrogens with zero attached hydrogens (tertiary/aromatic N) is 1. The summed E-state index contributed by atoms with van der Waals surface area (Å²) in [6.45, 7) is 6.47. The highest BCUT2D eigenvalue weighted by Crippen LogP contribution is 2.07. The highest BCUT2D eigenvalue weighted by Gasteiger charge is 2.00. The minimum absolute atomic E-state index is 0.983. The lowest BCUT2D eigenvalue weighted by atomic mass is 10.1. The predicted octanol–water partition coefficient (Wildman–Crippen LogP) is 2.98. The van der Waals surface area contributed by atoms with Crippen molar-refractivity contribution < 1.29 is 0 Å². The van der Waals surface area contributed by atoms with E-state index in [0.29, 0.717) is 0 Å². The van der Waals surface area contributed by atoms with Gasteiger partial charge >= 0.3 is 0 Å². The summed E-state index contributed by atoms with van der Waals surface area (Å²) >= 11 is 1.90. The third kappa shape index (κ3) is 6.43. The smallest absolute Gasteiger partial charge is 0.0231 e. The second kappa shape index (κ2) is 9.42. The van der Waals surface area contributed by atoms with Crippen LogP contribution in [0, 0.1) is 0 Å². The zero-order valence-corrected chi connectivity index (χ0v) is 12.7. The minimum Gasteiger partial charge on any atom is -0.313 e. The van der Waals surface area contributed by atoms with Crippen LogP contribution in [-0.2, 0) is 13.1 Å². The molecule has 0 aliphatic rings. The molecule has 1 N–H and O–H groups in total. The maximum Gasteiger partial charge on any atom is 0.0231 e. The monoisotopic (exact) mass is 266 g/mol. The van der Waals surface area contributed by atoms with Gasteiger partial charge in [0.1, 0.15) is 0 Å². The predicted molar refractivity (Wildman–Crippen MR) is 83.2 cm³/mol. The SMILES string of the molecule is CCCNCc1ccc(CN(C)CCSC)cc1. The molecule has 0 aromatic heterocycles. The van der Waals surface area contributed by atoms with Crippen LogP contribution in [0.4, 0.5) is 0 Å². The molecule has 0 bridgehead atoms. The zero-order chi connectivity index (χ0) is 13.2. The Kier molecular flexibility index (Phi) is 8.14. The van der Waals surface area contributed by atoms with Crippen LogP contribution in [0.15, 0.2) is 24.3 Å². The molecule has 0 saturated carbocycles. The summed E-state index contributed by atoms with van der Waals surface area (Å²) in [4.78, 5) is 2.38. The van der Waals surface area contributed by atoms with Crippen LogP contribution in [0.5, 0.6) is 0 Å². The van der Waals surface area contributed by atoms with E-state index in [2.05, 4.69) is 54.7 Å². The van der Waals surface area contributed by atoms with Crippen molar-refractivity contribution in [2.45, 2.75) is 26.4 Å². The molecule has 1 aromatic rings. The number of hydrogen-bond donors (Lipinski definition) is 1. The molecular weight excluding hydrogens is 240 g/mol. The molecule has 0 radical (unpaired) electrons. The molecule has 0 fully saturated rings. The lowest BCUT2D eigenvalue weighted by molar-refractivity contribution is 0.349. The third-order valence-corrected chi connectivity index (χ3v) is 3.50. The van der Waals surface area contributed by atoms with Crippen molar-refractivity contribution in [3.05, 3.63) is 35.4 Å². The number of nitrogens with one attached hydrogen (secondary N) is 1. The van der Waals surface area contributed by atoms with E-state index < -0.39 is 0 Å². The van der Waals surface area contributed by atoms with Gasteiger partial charge in [-0.15, -0.1) is 0 Å². The Bertz CT molecular complexity index is 311. The van der Waals surface area contributed by atoms with Crippen LogP contribution in [0.2, 0.25) is 0 Å². The fourth-order valence-corrected chi connectivity index (χ4v) is 2.30. The van der Waals surface area contributed by atoms with Crippen molar-refractivity contribution in [3.8, 4) is 0 Å². The van der Waals surface area contributed by atoms with Gasteiger partial charge in [-0.2, -0.15) is 11.8 Å². The lowest BCUT2D eigenvalue weighted by Gasteiger charge is -2.16. The van der Waals surface area contributed by atoms with Crippen molar-refractivity contribution in [1.29, 1.82) is 0 Å². The molecule has 102 valence electrons. The van der Waals surface area contributed by atoms with Crippen LogP contribution >= 0.6 is 11.8 Å². The molecule has 1 aromatic carbocycles. The Morgan fingerprint density at radius 3 is 2.44 bits per heavy atom. The van der Waals surface area contributed by atoms with Gasteiger partial charge in [0.05, 0.1) is 0 Å². The van der Waals surface area contributed by atoms with Crippen molar-refractivity contribution in [2.75, 3.05) is 32.1 Å². The molecule has 0 spiro atoms. The summed E-state index contributed by atoms with van der Waals surface area (Å²) in [5.41, 5.74) is 2.77. The van der Waals surface area contributed by atoms with Crippen LogP contribution in [-0.4, -0.2) is 37.0 Å². The molecule has 1 rings (SSSR count). The van der Waals surface area contributed by atoms with Gasteiger partial charge in [0, 0.05) is 25.4 Å². The Morgan fingerprint density at radius 2 is 1.83 bits per heavy atom. The third-order valence-electron chi connectivity index (χ3n) is 2.91. The molecular formula is C15H26N2S. The Balaban J connectivity index is 2.35. The summed E-state index contributed by atoms with van der Waals surface area (Å²) in [7, 11) is 2.19. The van der Waals surface area contributed by atoms with Crippen molar-refractivity contribution in [2.24, 2.45) is 0 Å². The highest BCUT2D eigenvalue weighted by molar-refractivity contribution is 7.98. The van der Waals surface area contributed by atoms with E-state index in [1.54, 1.807) is 0 Å². The van der Waals surface area contributed by atoms with Crippen LogP contribution in [0.1, 0.15) is 24.5 Å². The second-order valence-corrected chi connectivity index (χ2v) is 5.71. The van der Waals surface area contributed by atoms with E-state index in [1.165, 1.54) is 23.3 Å². The zero-order valence-electron chi connectivity index (χ0n) is 11.9. The van der Waals surface area contributed by atoms with Gasteiger partial charge < -0.3 is 10.2 Å². The molecule has 0 unspecified atom stereocenters. The standard InChI is InChI=1S/C15H26N2S/c1-4-9-16-12-14-5-7-15(8-6-14)13-17(2)10-11-18-3/h5-8,16H,4,9-13H2,1-3H3. The van der Waals surface area contributed by atoms with E-state index in [9.17, 15) is 0 Å². The van der Waals surface area contributed by atoms with Crippen molar-refractivity contribution >= 4 is 11.8 Å².